The number of ether oxygens (including phenoxy) is 2. The molecule has 0 unspecified atom stereocenters. The van der Waals surface area contributed by atoms with Crippen molar-refractivity contribution in [2.24, 2.45) is 0 Å². The highest BCUT2D eigenvalue weighted by Crippen LogP contribution is 2.34. The smallest absolute Gasteiger partial charge is 0.313 e. The molecule has 1 atom stereocenters. The molecule has 2 aliphatic heterocycles. The van der Waals surface area contributed by atoms with Gasteiger partial charge in [-0.1, -0.05) is 0 Å². The molecule has 8 heteroatoms. The van der Waals surface area contributed by atoms with E-state index in [4.69, 9.17) is 9.47 Å². The van der Waals surface area contributed by atoms with Gasteiger partial charge in [0.05, 0.1) is 6.04 Å². The van der Waals surface area contributed by atoms with Gasteiger partial charge in [0.1, 0.15) is 0 Å². The summed E-state index contributed by atoms with van der Waals surface area (Å²) in [5.41, 5.74) is 1.67. The molecule has 1 fully saturated rings. The van der Waals surface area contributed by atoms with Crippen LogP contribution in [0.1, 0.15) is 24.4 Å². The van der Waals surface area contributed by atoms with Gasteiger partial charge in [0.15, 0.2) is 11.5 Å². The molecule has 2 N–H and O–H groups in total. The summed E-state index contributed by atoms with van der Waals surface area (Å²) in [5.74, 6) is -0.159. The molecule has 1 aromatic carbocycles. The predicted octanol–water partition coefficient (Wildman–Crippen LogP) is 2.37. The van der Waals surface area contributed by atoms with Gasteiger partial charge in [-0.3, -0.25) is 14.5 Å². The minimum Gasteiger partial charge on any atom is -0.454 e. The Morgan fingerprint density at radius 2 is 1.93 bits per heavy atom. The van der Waals surface area contributed by atoms with Crippen LogP contribution in [-0.4, -0.2) is 43.1 Å². The number of amides is 2. The summed E-state index contributed by atoms with van der Waals surface area (Å²) in [5, 5.41) is 9.51. The summed E-state index contributed by atoms with van der Waals surface area (Å²) >= 11 is 1.64. The zero-order valence-corrected chi connectivity index (χ0v) is 15.6. The summed E-state index contributed by atoms with van der Waals surface area (Å²) in [7, 11) is 0. The van der Waals surface area contributed by atoms with E-state index in [9.17, 15) is 9.59 Å². The fourth-order valence-corrected chi connectivity index (χ4v) is 4.11. The van der Waals surface area contributed by atoms with Gasteiger partial charge in [0, 0.05) is 18.3 Å². The number of anilines is 1. The van der Waals surface area contributed by atoms with Crippen LogP contribution in [0.5, 0.6) is 11.5 Å². The van der Waals surface area contributed by atoms with Crippen molar-refractivity contribution in [1.29, 1.82) is 0 Å². The lowest BCUT2D eigenvalue weighted by Crippen LogP contribution is -2.41. The Hall–Kier alpha value is -2.58. The van der Waals surface area contributed by atoms with Crippen molar-refractivity contribution >= 4 is 28.8 Å². The summed E-state index contributed by atoms with van der Waals surface area (Å²) in [4.78, 5) is 26.9. The first-order valence-electron chi connectivity index (χ1n) is 8.96. The van der Waals surface area contributed by atoms with Gasteiger partial charge in [-0.2, -0.15) is 11.3 Å². The van der Waals surface area contributed by atoms with Crippen LogP contribution >= 0.6 is 11.3 Å². The molecule has 2 amide bonds. The third kappa shape index (κ3) is 4.06. The van der Waals surface area contributed by atoms with Gasteiger partial charge in [-0.25, -0.2) is 0 Å². The Bertz CT molecular complexity index is 818. The maximum Gasteiger partial charge on any atom is 0.313 e. The SMILES string of the molecule is O=C(NC[C@H](c1ccsc1)N1CCCC1)C(=O)Nc1ccc2c(c1)OCO2. The Kier molecular flexibility index (Phi) is 5.26. The largest absolute Gasteiger partial charge is 0.454 e. The molecule has 0 aliphatic carbocycles. The van der Waals surface area contributed by atoms with Gasteiger partial charge >= 0.3 is 11.8 Å². The van der Waals surface area contributed by atoms with Crippen LogP contribution in [-0.2, 0) is 9.59 Å². The topological polar surface area (TPSA) is 79.9 Å². The van der Waals surface area contributed by atoms with Crippen molar-refractivity contribution in [3.8, 4) is 11.5 Å². The van der Waals surface area contributed by atoms with Crippen molar-refractivity contribution in [3.05, 3.63) is 40.6 Å². The second-order valence-electron chi connectivity index (χ2n) is 6.55. The summed E-state index contributed by atoms with van der Waals surface area (Å²) in [6.45, 7) is 2.59. The third-order valence-corrected chi connectivity index (χ3v) is 5.50. The third-order valence-electron chi connectivity index (χ3n) is 4.80. The van der Waals surface area contributed by atoms with Crippen LogP contribution in [0.4, 0.5) is 5.69 Å². The average molecular weight is 387 g/mol. The highest BCUT2D eigenvalue weighted by Gasteiger charge is 2.25. The zero-order chi connectivity index (χ0) is 18.6. The van der Waals surface area contributed by atoms with Gasteiger partial charge in [0.25, 0.3) is 0 Å². The molecule has 142 valence electrons. The van der Waals surface area contributed by atoms with E-state index in [0.29, 0.717) is 23.7 Å². The Morgan fingerprint density at radius 1 is 1.11 bits per heavy atom. The van der Waals surface area contributed by atoms with E-state index in [2.05, 4.69) is 27.0 Å². The maximum absolute atomic E-state index is 12.3. The standard InChI is InChI=1S/C19H21N3O4S/c23-18(19(24)21-14-3-4-16-17(9-14)26-12-25-16)20-10-15(13-5-8-27-11-13)22-6-1-2-7-22/h3-5,8-9,11,15H,1-2,6-7,10,12H2,(H,20,23)(H,21,24)/t15-/m1/s1. The van der Waals surface area contributed by atoms with Crippen molar-refractivity contribution in [1.82, 2.24) is 10.2 Å². The number of nitrogens with one attached hydrogen (secondary N) is 2. The van der Waals surface area contributed by atoms with Gasteiger partial charge < -0.3 is 20.1 Å². The number of benzene rings is 1. The number of fused-ring (bicyclic) bond motifs is 1. The number of carbonyl (C=O) groups excluding carboxylic acids is 2. The molecule has 2 aromatic rings. The Labute approximate surface area is 161 Å². The molecule has 7 nitrogen and oxygen atoms in total. The highest BCUT2D eigenvalue weighted by molar-refractivity contribution is 7.08. The number of hydrogen-bond acceptors (Lipinski definition) is 6. The van der Waals surface area contributed by atoms with Crippen molar-refractivity contribution in [2.45, 2.75) is 18.9 Å². The van der Waals surface area contributed by atoms with Crippen LogP contribution in [0.3, 0.4) is 0 Å². The van der Waals surface area contributed by atoms with Crippen LogP contribution in [0.15, 0.2) is 35.0 Å². The monoisotopic (exact) mass is 387 g/mol. The predicted molar refractivity (Wildman–Crippen MR) is 102 cm³/mol. The minimum absolute atomic E-state index is 0.0982. The molecule has 1 aromatic heterocycles. The van der Waals surface area contributed by atoms with E-state index in [1.807, 2.05) is 5.38 Å². The summed E-state index contributed by atoms with van der Waals surface area (Å²) < 4.78 is 10.5. The Balaban J connectivity index is 1.35. The Morgan fingerprint density at radius 3 is 2.70 bits per heavy atom. The summed E-state index contributed by atoms with van der Waals surface area (Å²) in [6.07, 6.45) is 2.33. The second kappa shape index (κ2) is 7.98. The lowest BCUT2D eigenvalue weighted by atomic mass is 10.1. The van der Waals surface area contributed by atoms with Crippen molar-refractivity contribution in [2.75, 3.05) is 31.7 Å². The second-order valence-corrected chi connectivity index (χ2v) is 7.33. The van der Waals surface area contributed by atoms with Gasteiger partial charge in [-0.05, 0) is 60.5 Å². The molecule has 4 rings (SSSR count). The molecule has 0 bridgehead atoms. The van der Waals surface area contributed by atoms with Crippen LogP contribution in [0.2, 0.25) is 0 Å². The summed E-state index contributed by atoms with van der Waals surface area (Å²) in [6, 6.07) is 7.20. The van der Waals surface area contributed by atoms with E-state index in [1.165, 1.54) is 18.4 Å². The van der Waals surface area contributed by atoms with E-state index >= 15 is 0 Å². The van der Waals surface area contributed by atoms with E-state index in [-0.39, 0.29) is 12.8 Å². The lowest BCUT2D eigenvalue weighted by Gasteiger charge is -2.27. The van der Waals surface area contributed by atoms with Crippen LogP contribution in [0, 0.1) is 0 Å². The number of thiophene rings is 1. The molecule has 27 heavy (non-hydrogen) atoms. The number of likely N-dealkylation sites (tertiary alicyclic amines) is 1. The number of hydrogen-bond donors (Lipinski definition) is 2. The fourth-order valence-electron chi connectivity index (χ4n) is 3.41. The first-order chi connectivity index (χ1) is 13.2. The minimum atomic E-state index is -0.695. The molecular weight excluding hydrogens is 366 g/mol. The van der Waals surface area contributed by atoms with Gasteiger partial charge in [0.2, 0.25) is 6.79 Å². The van der Waals surface area contributed by atoms with E-state index in [0.717, 1.165) is 13.1 Å². The zero-order valence-electron chi connectivity index (χ0n) is 14.8. The molecule has 0 saturated carbocycles. The van der Waals surface area contributed by atoms with Gasteiger partial charge in [-0.15, -0.1) is 0 Å². The van der Waals surface area contributed by atoms with Crippen molar-refractivity contribution in [3.63, 3.8) is 0 Å². The molecular formula is C19H21N3O4S. The first-order valence-corrected chi connectivity index (χ1v) is 9.90. The van der Waals surface area contributed by atoms with Crippen LogP contribution < -0.4 is 20.1 Å². The van der Waals surface area contributed by atoms with Crippen LogP contribution in [0.25, 0.3) is 0 Å². The average Bonchev–Trinajstić information content (AvgIpc) is 3.43. The maximum atomic E-state index is 12.3. The van der Waals surface area contributed by atoms with E-state index < -0.39 is 11.8 Å². The lowest BCUT2D eigenvalue weighted by molar-refractivity contribution is -0.136. The highest BCUT2D eigenvalue weighted by atomic mass is 32.1. The molecule has 0 radical (unpaired) electrons. The molecule has 2 aliphatic rings. The number of nitrogens with zero attached hydrogens (tertiary/aromatic N) is 1. The van der Waals surface area contributed by atoms with E-state index in [1.54, 1.807) is 29.5 Å². The quantitative estimate of drug-likeness (QED) is 0.770. The molecule has 3 heterocycles. The fraction of sp³-hybridized carbons (Fsp3) is 0.368. The number of rotatable bonds is 5. The van der Waals surface area contributed by atoms with Crippen molar-refractivity contribution < 1.29 is 19.1 Å². The molecule has 1 saturated heterocycles. The first kappa shape index (κ1) is 17.8. The normalized spacial score (nSPS) is 16.9. The number of carbonyl (C=O) groups is 2. The molecule has 0 spiro atoms.